The molecule has 142 valence electrons. The minimum Gasteiger partial charge on any atom is -0.394 e. The van der Waals surface area contributed by atoms with Gasteiger partial charge < -0.3 is 15.7 Å². The highest BCUT2D eigenvalue weighted by Crippen LogP contribution is 2.29. The van der Waals surface area contributed by atoms with Crippen molar-refractivity contribution in [3.8, 4) is 0 Å². The molecule has 1 unspecified atom stereocenters. The first-order chi connectivity index (χ1) is 12.5. The zero-order chi connectivity index (χ0) is 18.6. The standard InChI is InChI=1S/C19H26FN3O3/c20-15-6-2-1-5-14(15)12-23-10-9-21-18(26)16(23)11-17(25)22-19(13-24)7-3-4-8-19/h1-2,5-6,16,24H,3-4,7-13H2,(H,21,26)(H,22,25). The van der Waals surface area contributed by atoms with E-state index >= 15 is 0 Å². The topological polar surface area (TPSA) is 81.7 Å². The average Bonchev–Trinajstić information content (AvgIpc) is 3.09. The Bertz CT molecular complexity index is 661. The van der Waals surface area contributed by atoms with E-state index in [1.807, 2.05) is 4.90 Å². The van der Waals surface area contributed by atoms with E-state index in [2.05, 4.69) is 10.6 Å². The fraction of sp³-hybridized carbons (Fsp3) is 0.579. The quantitative estimate of drug-likeness (QED) is 0.703. The maximum Gasteiger partial charge on any atom is 0.237 e. The molecule has 26 heavy (non-hydrogen) atoms. The molecule has 7 heteroatoms. The second kappa shape index (κ2) is 8.14. The van der Waals surface area contributed by atoms with Crippen molar-refractivity contribution in [2.45, 2.75) is 50.2 Å². The molecular weight excluding hydrogens is 337 g/mol. The second-order valence-corrected chi connectivity index (χ2v) is 7.27. The van der Waals surface area contributed by atoms with Gasteiger partial charge in [0.25, 0.3) is 0 Å². The summed E-state index contributed by atoms with van der Waals surface area (Å²) >= 11 is 0. The summed E-state index contributed by atoms with van der Waals surface area (Å²) in [5.74, 6) is -0.777. The minimum atomic E-state index is -0.638. The van der Waals surface area contributed by atoms with E-state index in [1.54, 1.807) is 18.2 Å². The van der Waals surface area contributed by atoms with Crippen LogP contribution in [0.4, 0.5) is 4.39 Å². The van der Waals surface area contributed by atoms with Crippen LogP contribution >= 0.6 is 0 Å². The van der Waals surface area contributed by atoms with Crippen molar-refractivity contribution in [3.63, 3.8) is 0 Å². The van der Waals surface area contributed by atoms with Crippen LogP contribution in [-0.2, 0) is 16.1 Å². The summed E-state index contributed by atoms with van der Waals surface area (Å²) in [7, 11) is 0. The molecular formula is C19H26FN3O3. The smallest absolute Gasteiger partial charge is 0.237 e. The fourth-order valence-electron chi connectivity index (χ4n) is 3.92. The monoisotopic (exact) mass is 363 g/mol. The van der Waals surface area contributed by atoms with E-state index < -0.39 is 11.6 Å². The molecule has 0 radical (unpaired) electrons. The van der Waals surface area contributed by atoms with Gasteiger partial charge in [-0.1, -0.05) is 31.0 Å². The van der Waals surface area contributed by atoms with Crippen LogP contribution in [0.1, 0.15) is 37.7 Å². The van der Waals surface area contributed by atoms with Crippen molar-refractivity contribution in [1.82, 2.24) is 15.5 Å². The van der Waals surface area contributed by atoms with E-state index in [-0.39, 0.29) is 37.2 Å². The molecule has 0 aromatic heterocycles. The molecule has 1 aromatic rings. The average molecular weight is 363 g/mol. The molecule has 2 amide bonds. The Labute approximate surface area is 152 Å². The highest BCUT2D eigenvalue weighted by atomic mass is 19.1. The van der Waals surface area contributed by atoms with Crippen molar-refractivity contribution in [2.24, 2.45) is 0 Å². The number of nitrogens with one attached hydrogen (secondary N) is 2. The molecule has 2 aliphatic rings. The zero-order valence-electron chi connectivity index (χ0n) is 14.8. The number of piperazine rings is 1. The summed E-state index contributed by atoms with van der Waals surface area (Å²) in [4.78, 5) is 26.7. The molecule has 0 spiro atoms. The van der Waals surface area contributed by atoms with Gasteiger partial charge in [-0.25, -0.2) is 4.39 Å². The minimum absolute atomic E-state index is 0.00202. The molecule has 3 N–H and O–H groups in total. The Morgan fingerprint density at radius 3 is 2.77 bits per heavy atom. The molecule has 6 nitrogen and oxygen atoms in total. The molecule has 1 aliphatic carbocycles. The highest BCUT2D eigenvalue weighted by Gasteiger charge is 2.37. The number of carbonyl (C=O) groups excluding carboxylic acids is 2. The van der Waals surface area contributed by atoms with Gasteiger partial charge in [-0.2, -0.15) is 0 Å². The number of hydrogen-bond acceptors (Lipinski definition) is 4. The largest absolute Gasteiger partial charge is 0.394 e. The number of carbonyl (C=O) groups is 2. The summed E-state index contributed by atoms with van der Waals surface area (Å²) in [6.45, 7) is 1.23. The third-order valence-electron chi connectivity index (χ3n) is 5.42. The summed E-state index contributed by atoms with van der Waals surface area (Å²) in [5, 5.41) is 15.4. The highest BCUT2D eigenvalue weighted by molar-refractivity contribution is 5.89. The van der Waals surface area contributed by atoms with Gasteiger partial charge in [0.15, 0.2) is 0 Å². The molecule has 0 bridgehead atoms. The first-order valence-corrected chi connectivity index (χ1v) is 9.20. The van der Waals surface area contributed by atoms with Crippen LogP contribution in [0.3, 0.4) is 0 Å². The Balaban J connectivity index is 1.67. The number of aliphatic hydroxyl groups excluding tert-OH is 1. The van der Waals surface area contributed by atoms with E-state index in [9.17, 15) is 19.1 Å². The lowest BCUT2D eigenvalue weighted by atomic mass is 9.97. The van der Waals surface area contributed by atoms with E-state index in [4.69, 9.17) is 0 Å². The van der Waals surface area contributed by atoms with E-state index in [1.165, 1.54) is 6.07 Å². The maximum atomic E-state index is 14.0. The van der Waals surface area contributed by atoms with E-state index in [0.29, 0.717) is 18.7 Å². The Hall–Kier alpha value is -1.99. The van der Waals surface area contributed by atoms with Crippen LogP contribution in [0, 0.1) is 5.82 Å². The molecule has 1 aromatic carbocycles. The lowest BCUT2D eigenvalue weighted by Crippen LogP contribution is -2.57. The summed E-state index contributed by atoms with van der Waals surface area (Å²) in [5.41, 5.74) is -0.0475. The van der Waals surface area contributed by atoms with Crippen LogP contribution in [0.5, 0.6) is 0 Å². The second-order valence-electron chi connectivity index (χ2n) is 7.27. The normalized spacial score (nSPS) is 22.8. The van der Waals surface area contributed by atoms with Crippen molar-refractivity contribution in [3.05, 3.63) is 35.6 Å². The third-order valence-corrected chi connectivity index (χ3v) is 5.42. The van der Waals surface area contributed by atoms with Gasteiger partial charge in [-0.05, 0) is 18.9 Å². The van der Waals surface area contributed by atoms with Crippen molar-refractivity contribution < 1.29 is 19.1 Å². The van der Waals surface area contributed by atoms with Gasteiger partial charge >= 0.3 is 0 Å². The van der Waals surface area contributed by atoms with Crippen molar-refractivity contribution in [1.29, 1.82) is 0 Å². The lowest BCUT2D eigenvalue weighted by molar-refractivity contribution is -0.135. The molecule has 2 fully saturated rings. The predicted octanol–water partition coefficient (Wildman–Crippen LogP) is 0.937. The molecule has 3 rings (SSSR count). The number of rotatable bonds is 6. The van der Waals surface area contributed by atoms with Gasteiger partial charge in [-0.3, -0.25) is 14.5 Å². The lowest BCUT2D eigenvalue weighted by Gasteiger charge is -2.36. The first kappa shape index (κ1) is 18.8. The predicted molar refractivity (Wildman–Crippen MR) is 94.7 cm³/mol. The molecule has 1 aliphatic heterocycles. The van der Waals surface area contributed by atoms with E-state index in [0.717, 1.165) is 25.7 Å². The van der Waals surface area contributed by atoms with Gasteiger partial charge in [0.05, 0.1) is 24.6 Å². The van der Waals surface area contributed by atoms with Crippen molar-refractivity contribution in [2.75, 3.05) is 19.7 Å². The van der Waals surface area contributed by atoms with Crippen LogP contribution in [0.25, 0.3) is 0 Å². The zero-order valence-corrected chi connectivity index (χ0v) is 14.8. The van der Waals surface area contributed by atoms with Gasteiger partial charge in [-0.15, -0.1) is 0 Å². The Morgan fingerprint density at radius 1 is 1.35 bits per heavy atom. The van der Waals surface area contributed by atoms with Crippen LogP contribution in [0.15, 0.2) is 24.3 Å². The molecule has 1 saturated heterocycles. The van der Waals surface area contributed by atoms with Gasteiger partial charge in [0, 0.05) is 25.2 Å². The molecule has 1 saturated carbocycles. The summed E-state index contributed by atoms with van der Waals surface area (Å²) < 4.78 is 14.0. The third kappa shape index (κ3) is 4.22. The maximum absolute atomic E-state index is 14.0. The summed E-state index contributed by atoms with van der Waals surface area (Å²) in [6, 6.07) is 5.84. The number of aliphatic hydroxyl groups is 1. The van der Waals surface area contributed by atoms with Crippen LogP contribution in [0.2, 0.25) is 0 Å². The number of benzene rings is 1. The Kier molecular flexibility index (Phi) is 5.88. The van der Waals surface area contributed by atoms with Crippen LogP contribution < -0.4 is 10.6 Å². The number of hydrogen-bond donors (Lipinski definition) is 3. The SMILES string of the molecule is O=C(CC1C(=O)NCCN1Cc1ccccc1F)NC1(CO)CCCC1. The fourth-order valence-corrected chi connectivity index (χ4v) is 3.92. The molecule has 1 heterocycles. The van der Waals surface area contributed by atoms with Gasteiger partial charge in [0.1, 0.15) is 5.82 Å². The number of halogens is 1. The van der Waals surface area contributed by atoms with Crippen LogP contribution in [-0.4, -0.2) is 53.1 Å². The number of amides is 2. The van der Waals surface area contributed by atoms with Crippen molar-refractivity contribution >= 4 is 11.8 Å². The summed E-state index contributed by atoms with van der Waals surface area (Å²) in [6.07, 6.45) is 3.46. The number of nitrogens with zero attached hydrogens (tertiary/aromatic N) is 1. The molecule has 1 atom stereocenters. The Morgan fingerprint density at radius 2 is 2.08 bits per heavy atom. The first-order valence-electron chi connectivity index (χ1n) is 9.20. The van der Waals surface area contributed by atoms with Gasteiger partial charge in [0.2, 0.25) is 11.8 Å².